The number of primary amides is 1. The van der Waals surface area contributed by atoms with E-state index in [0.29, 0.717) is 29.4 Å². The van der Waals surface area contributed by atoms with Crippen molar-refractivity contribution in [3.63, 3.8) is 0 Å². The molecule has 3 aromatic heterocycles. The Bertz CT molecular complexity index is 1420. The van der Waals surface area contributed by atoms with Crippen molar-refractivity contribution in [2.75, 3.05) is 13.1 Å². The fraction of sp³-hybridized carbons (Fsp3) is 0.375. The molecule has 0 radical (unpaired) electrons. The number of imidazole rings is 1. The van der Waals surface area contributed by atoms with Gasteiger partial charge in [0.1, 0.15) is 6.33 Å². The minimum Gasteiger partial charge on any atom is -0.364 e. The standard InChI is InChI=1S/C24H25ClN6O2S/c1-13-17(14(2)31-12-27-21(22(26)33)23(31)28-13)4-6-20(32)30-9-7-15(8-10-30)24-29-18-11-16(25)3-5-19(18)34-24/h3,5,11-12,15H,4,6-10H2,1-2H3,(H2,26,33). The highest BCUT2D eigenvalue weighted by Crippen LogP contribution is 2.35. The van der Waals surface area contributed by atoms with Crippen LogP contribution in [0, 0.1) is 13.8 Å². The summed E-state index contributed by atoms with van der Waals surface area (Å²) in [5, 5.41) is 1.83. The number of halogens is 1. The van der Waals surface area contributed by atoms with E-state index in [1.54, 1.807) is 22.1 Å². The van der Waals surface area contributed by atoms with Gasteiger partial charge >= 0.3 is 0 Å². The Hall–Kier alpha value is -3.04. The molecule has 4 heterocycles. The van der Waals surface area contributed by atoms with Crippen molar-refractivity contribution >= 4 is 50.6 Å². The monoisotopic (exact) mass is 496 g/mol. The van der Waals surface area contributed by atoms with Crippen LogP contribution in [0.5, 0.6) is 0 Å². The van der Waals surface area contributed by atoms with Crippen LogP contribution in [0.3, 0.4) is 0 Å². The SMILES string of the molecule is Cc1nc2c(C(N)=O)ncn2c(C)c1CCC(=O)N1CCC(c2nc3cc(Cl)ccc3s2)CC1. The summed E-state index contributed by atoms with van der Waals surface area (Å²) in [6.45, 7) is 5.31. The topological polar surface area (TPSA) is 106 Å². The molecular weight excluding hydrogens is 472 g/mol. The Morgan fingerprint density at radius 1 is 1.21 bits per heavy atom. The van der Waals surface area contributed by atoms with Gasteiger partial charge in [-0.2, -0.15) is 0 Å². The smallest absolute Gasteiger partial charge is 0.271 e. The van der Waals surface area contributed by atoms with Gasteiger partial charge in [0.15, 0.2) is 11.3 Å². The van der Waals surface area contributed by atoms with Gasteiger partial charge in [-0.25, -0.2) is 15.0 Å². The van der Waals surface area contributed by atoms with E-state index in [9.17, 15) is 9.59 Å². The van der Waals surface area contributed by atoms with Crippen LogP contribution in [0.4, 0.5) is 0 Å². The number of hydrogen-bond acceptors (Lipinski definition) is 6. The van der Waals surface area contributed by atoms with Crippen LogP contribution >= 0.6 is 22.9 Å². The summed E-state index contributed by atoms with van der Waals surface area (Å²) in [5.41, 5.74) is 9.67. The number of fused-ring (bicyclic) bond motifs is 2. The molecule has 0 bridgehead atoms. The third kappa shape index (κ3) is 4.14. The minimum atomic E-state index is -0.602. The van der Waals surface area contributed by atoms with Gasteiger partial charge in [-0.15, -0.1) is 11.3 Å². The molecule has 1 aromatic carbocycles. The summed E-state index contributed by atoms with van der Waals surface area (Å²) in [6.07, 6.45) is 4.38. The zero-order valence-corrected chi connectivity index (χ0v) is 20.6. The molecule has 2 amide bonds. The lowest BCUT2D eigenvalue weighted by Gasteiger charge is -2.31. The number of aryl methyl sites for hydroxylation is 2. The Morgan fingerprint density at radius 2 is 1.97 bits per heavy atom. The van der Waals surface area contributed by atoms with Crippen molar-refractivity contribution in [2.45, 2.75) is 45.4 Å². The second-order valence-corrected chi connectivity index (χ2v) is 10.2. The van der Waals surface area contributed by atoms with Crippen molar-refractivity contribution in [2.24, 2.45) is 5.73 Å². The highest BCUT2D eigenvalue weighted by Gasteiger charge is 2.26. The van der Waals surface area contributed by atoms with Crippen molar-refractivity contribution in [1.29, 1.82) is 0 Å². The second-order valence-electron chi connectivity index (χ2n) is 8.73. The highest BCUT2D eigenvalue weighted by atomic mass is 35.5. The summed E-state index contributed by atoms with van der Waals surface area (Å²) in [5.74, 6) is -0.0799. The average molecular weight is 497 g/mol. The molecule has 0 unspecified atom stereocenters. The molecule has 34 heavy (non-hydrogen) atoms. The van der Waals surface area contributed by atoms with Crippen LogP contribution < -0.4 is 5.73 Å². The number of nitrogens with two attached hydrogens (primary N) is 1. The number of rotatable bonds is 5. The molecule has 8 nitrogen and oxygen atoms in total. The lowest BCUT2D eigenvalue weighted by molar-refractivity contribution is -0.132. The summed E-state index contributed by atoms with van der Waals surface area (Å²) in [7, 11) is 0. The molecule has 0 saturated carbocycles. The number of benzene rings is 1. The second kappa shape index (κ2) is 8.96. The quantitative estimate of drug-likeness (QED) is 0.448. The van der Waals surface area contributed by atoms with Crippen LogP contribution in [0.1, 0.15) is 57.6 Å². The zero-order chi connectivity index (χ0) is 24.0. The number of amides is 2. The molecule has 2 N–H and O–H groups in total. The fourth-order valence-electron chi connectivity index (χ4n) is 4.72. The molecule has 0 aliphatic carbocycles. The average Bonchev–Trinajstić information content (AvgIpc) is 3.43. The molecular formula is C24H25ClN6O2S. The van der Waals surface area contributed by atoms with E-state index >= 15 is 0 Å². The third-order valence-corrected chi connectivity index (χ3v) is 8.07. The number of thiazole rings is 1. The zero-order valence-electron chi connectivity index (χ0n) is 19.0. The molecule has 0 atom stereocenters. The normalized spacial score (nSPS) is 14.9. The van der Waals surface area contributed by atoms with Gasteiger partial charge in [-0.3, -0.25) is 14.0 Å². The maximum Gasteiger partial charge on any atom is 0.271 e. The fourth-order valence-corrected chi connectivity index (χ4v) is 6.01. The summed E-state index contributed by atoms with van der Waals surface area (Å²) in [4.78, 5) is 39.9. The van der Waals surface area contributed by atoms with Crippen LogP contribution in [0.15, 0.2) is 24.5 Å². The summed E-state index contributed by atoms with van der Waals surface area (Å²) >= 11 is 7.82. The largest absolute Gasteiger partial charge is 0.364 e. The predicted octanol–water partition coefficient (Wildman–Crippen LogP) is 4.05. The van der Waals surface area contributed by atoms with Crippen LogP contribution in [-0.2, 0) is 11.2 Å². The van der Waals surface area contributed by atoms with Gasteiger partial charge in [0.05, 0.1) is 15.2 Å². The first-order chi connectivity index (χ1) is 16.3. The number of carbonyl (C=O) groups is 2. The van der Waals surface area contributed by atoms with E-state index in [2.05, 4.69) is 9.97 Å². The molecule has 176 valence electrons. The van der Waals surface area contributed by atoms with Gasteiger partial charge in [0, 0.05) is 41.8 Å². The van der Waals surface area contributed by atoms with Gasteiger partial charge in [-0.05, 0) is 56.9 Å². The van der Waals surface area contributed by atoms with E-state index in [4.69, 9.17) is 22.3 Å². The predicted molar refractivity (Wildman–Crippen MR) is 132 cm³/mol. The Balaban J connectivity index is 1.23. The Kier molecular flexibility index (Phi) is 5.99. The number of carbonyl (C=O) groups excluding carboxylic acids is 2. The first-order valence-corrected chi connectivity index (χ1v) is 12.5. The lowest BCUT2D eigenvalue weighted by Crippen LogP contribution is -2.38. The lowest BCUT2D eigenvalue weighted by atomic mass is 9.97. The van der Waals surface area contributed by atoms with Crippen LogP contribution in [0.2, 0.25) is 5.02 Å². The van der Waals surface area contributed by atoms with Crippen LogP contribution in [-0.4, -0.2) is 49.2 Å². The van der Waals surface area contributed by atoms with Gasteiger partial charge in [0.25, 0.3) is 5.91 Å². The van der Waals surface area contributed by atoms with Gasteiger partial charge in [-0.1, -0.05) is 11.6 Å². The minimum absolute atomic E-state index is 0.150. The number of aromatic nitrogens is 4. The molecule has 1 saturated heterocycles. The number of nitrogens with zero attached hydrogens (tertiary/aromatic N) is 5. The highest BCUT2D eigenvalue weighted by molar-refractivity contribution is 7.18. The maximum absolute atomic E-state index is 13.0. The van der Waals surface area contributed by atoms with E-state index in [-0.39, 0.29) is 11.6 Å². The summed E-state index contributed by atoms with van der Waals surface area (Å²) < 4.78 is 2.92. The first kappa shape index (κ1) is 22.7. The molecule has 0 spiro atoms. The third-order valence-electron chi connectivity index (χ3n) is 6.64. The Morgan fingerprint density at radius 3 is 2.71 bits per heavy atom. The molecule has 10 heteroatoms. The first-order valence-electron chi connectivity index (χ1n) is 11.3. The molecule has 1 aliphatic heterocycles. The van der Waals surface area contributed by atoms with Gasteiger partial charge < -0.3 is 10.6 Å². The molecule has 5 rings (SSSR count). The Labute approximate surface area is 205 Å². The van der Waals surface area contributed by atoms with Gasteiger partial charge in [0.2, 0.25) is 5.91 Å². The maximum atomic E-state index is 13.0. The van der Waals surface area contributed by atoms with Crippen molar-refractivity contribution in [3.8, 4) is 0 Å². The number of piperidine rings is 1. The van der Waals surface area contributed by atoms with Crippen LogP contribution in [0.25, 0.3) is 15.9 Å². The molecule has 4 aromatic rings. The molecule has 1 fully saturated rings. The summed E-state index contributed by atoms with van der Waals surface area (Å²) in [6, 6.07) is 5.82. The number of hydrogen-bond donors (Lipinski definition) is 1. The van der Waals surface area contributed by atoms with E-state index in [0.717, 1.165) is 58.1 Å². The van der Waals surface area contributed by atoms with E-state index < -0.39 is 5.91 Å². The van der Waals surface area contributed by atoms with Crippen molar-refractivity contribution in [3.05, 3.63) is 57.2 Å². The van der Waals surface area contributed by atoms with Crippen molar-refractivity contribution in [1.82, 2.24) is 24.3 Å². The van der Waals surface area contributed by atoms with Crippen molar-refractivity contribution < 1.29 is 9.59 Å². The van der Waals surface area contributed by atoms with E-state index in [1.165, 1.54) is 0 Å². The molecule has 1 aliphatic rings. The van der Waals surface area contributed by atoms with E-state index in [1.807, 2.05) is 36.9 Å². The number of likely N-dealkylation sites (tertiary alicyclic amines) is 1.